The minimum atomic E-state index is -0.385. The van der Waals surface area contributed by atoms with Crippen LogP contribution in [0.25, 0.3) is 0 Å². The van der Waals surface area contributed by atoms with Crippen molar-refractivity contribution >= 4 is 5.78 Å². The third-order valence-corrected chi connectivity index (χ3v) is 2.03. The number of hydrogen-bond acceptors (Lipinski definition) is 2. The fourth-order valence-corrected chi connectivity index (χ4v) is 1.34. The maximum Gasteiger partial charge on any atom is 0.166 e. The molecule has 1 unspecified atom stereocenters. The van der Waals surface area contributed by atoms with Crippen molar-refractivity contribution in [1.82, 2.24) is 4.57 Å². The molecule has 0 bridgehead atoms. The van der Waals surface area contributed by atoms with E-state index in [-0.39, 0.29) is 17.8 Å². The summed E-state index contributed by atoms with van der Waals surface area (Å²) in [6, 6.07) is 1.80. The molecule has 0 amide bonds. The number of hydrogen-bond donors (Lipinski definition) is 1. The third-order valence-electron chi connectivity index (χ3n) is 2.03. The Hall–Kier alpha value is -1.09. The summed E-state index contributed by atoms with van der Waals surface area (Å²) >= 11 is 0. The number of carbonyl (C=O) groups is 1. The number of aromatic nitrogens is 1. The second-order valence-corrected chi connectivity index (χ2v) is 3.96. The molecular weight excluding hydrogens is 178 g/mol. The van der Waals surface area contributed by atoms with Gasteiger partial charge in [0.2, 0.25) is 0 Å². The topological polar surface area (TPSA) is 42.2 Å². The molecule has 0 saturated heterocycles. The molecule has 0 aliphatic heterocycles. The van der Waals surface area contributed by atoms with Gasteiger partial charge in [0.1, 0.15) is 0 Å². The molecule has 1 atom stereocenters. The Morgan fingerprint density at radius 3 is 2.64 bits per heavy atom. The summed E-state index contributed by atoms with van der Waals surface area (Å²) in [5.74, 6) is 0.173. The zero-order valence-electron chi connectivity index (χ0n) is 8.90. The van der Waals surface area contributed by atoms with E-state index in [9.17, 15) is 4.79 Å². The molecule has 78 valence electrons. The van der Waals surface area contributed by atoms with Gasteiger partial charge in [-0.1, -0.05) is 13.8 Å². The van der Waals surface area contributed by atoms with Crippen molar-refractivity contribution < 1.29 is 9.90 Å². The number of aliphatic hydroxyl groups excluding tert-OH is 1. The lowest BCUT2D eigenvalue weighted by molar-refractivity contribution is 0.0939. The second kappa shape index (κ2) is 4.42. The van der Waals surface area contributed by atoms with Crippen LogP contribution in [-0.2, 0) is 6.54 Å². The molecule has 0 saturated carbocycles. The van der Waals surface area contributed by atoms with Gasteiger partial charge in [-0.2, -0.15) is 0 Å². The van der Waals surface area contributed by atoms with Crippen LogP contribution in [0.15, 0.2) is 18.5 Å². The number of aliphatic hydroxyl groups is 1. The van der Waals surface area contributed by atoms with Crippen molar-refractivity contribution in [2.24, 2.45) is 5.92 Å². The fourth-order valence-electron chi connectivity index (χ4n) is 1.34. The highest BCUT2D eigenvalue weighted by Crippen LogP contribution is 2.09. The Kier molecular flexibility index (Phi) is 3.47. The van der Waals surface area contributed by atoms with Gasteiger partial charge < -0.3 is 9.67 Å². The van der Waals surface area contributed by atoms with E-state index in [0.29, 0.717) is 6.54 Å². The van der Waals surface area contributed by atoms with E-state index in [1.165, 1.54) is 0 Å². The molecule has 3 nitrogen and oxygen atoms in total. The van der Waals surface area contributed by atoms with E-state index in [1.807, 2.05) is 24.6 Å². The number of ketones is 1. The lowest BCUT2D eigenvalue weighted by Crippen LogP contribution is -2.10. The van der Waals surface area contributed by atoms with Gasteiger partial charge in [0.15, 0.2) is 5.78 Å². The molecule has 1 heterocycles. The first-order valence-electron chi connectivity index (χ1n) is 4.88. The minimum absolute atomic E-state index is 0.0254. The van der Waals surface area contributed by atoms with E-state index in [0.717, 1.165) is 5.56 Å². The molecule has 0 spiro atoms. The van der Waals surface area contributed by atoms with Gasteiger partial charge in [0.05, 0.1) is 6.10 Å². The molecule has 1 rings (SSSR count). The highest BCUT2D eigenvalue weighted by atomic mass is 16.3. The summed E-state index contributed by atoms with van der Waals surface area (Å²) in [5.41, 5.74) is 0.723. The number of carbonyl (C=O) groups excluding carboxylic acids is 1. The summed E-state index contributed by atoms with van der Waals surface area (Å²) < 4.78 is 1.83. The maximum atomic E-state index is 11.6. The summed E-state index contributed by atoms with van der Waals surface area (Å²) in [7, 11) is 0. The van der Waals surface area contributed by atoms with E-state index >= 15 is 0 Å². The highest BCUT2D eigenvalue weighted by molar-refractivity contribution is 5.97. The van der Waals surface area contributed by atoms with Crippen LogP contribution in [0.2, 0.25) is 0 Å². The van der Waals surface area contributed by atoms with Gasteiger partial charge in [0, 0.05) is 30.4 Å². The molecule has 14 heavy (non-hydrogen) atoms. The summed E-state index contributed by atoms with van der Waals surface area (Å²) in [5, 5.41) is 9.16. The molecule has 0 aliphatic rings. The van der Waals surface area contributed by atoms with E-state index in [4.69, 9.17) is 5.11 Å². The average Bonchev–Trinajstić information content (AvgIpc) is 2.50. The number of rotatable bonds is 4. The van der Waals surface area contributed by atoms with Gasteiger partial charge in [0.25, 0.3) is 0 Å². The van der Waals surface area contributed by atoms with Crippen LogP contribution in [0, 0.1) is 5.92 Å². The average molecular weight is 195 g/mol. The van der Waals surface area contributed by atoms with Gasteiger partial charge in [-0.3, -0.25) is 4.79 Å². The summed E-state index contributed by atoms with van der Waals surface area (Å²) in [4.78, 5) is 11.6. The zero-order chi connectivity index (χ0) is 10.7. The fraction of sp³-hybridized carbons (Fsp3) is 0.545. The number of nitrogens with zero attached hydrogens (tertiary/aromatic N) is 1. The van der Waals surface area contributed by atoms with Crippen molar-refractivity contribution in [2.45, 2.75) is 33.4 Å². The quantitative estimate of drug-likeness (QED) is 0.743. The van der Waals surface area contributed by atoms with Crippen molar-refractivity contribution in [3.63, 3.8) is 0 Å². The molecular formula is C11H17NO2. The molecule has 1 aromatic heterocycles. The smallest absolute Gasteiger partial charge is 0.166 e. The molecule has 1 N–H and O–H groups in total. The SMILES string of the molecule is CC(O)Cn1ccc(C(=O)C(C)C)c1. The van der Waals surface area contributed by atoms with Crippen LogP contribution in [0.5, 0.6) is 0 Å². The maximum absolute atomic E-state index is 11.6. The second-order valence-electron chi connectivity index (χ2n) is 3.96. The van der Waals surface area contributed by atoms with Gasteiger partial charge >= 0.3 is 0 Å². The Morgan fingerprint density at radius 1 is 1.50 bits per heavy atom. The standard InChI is InChI=1S/C11H17NO2/c1-8(2)11(14)10-4-5-12(7-10)6-9(3)13/h4-5,7-9,13H,6H2,1-3H3. The first kappa shape index (κ1) is 11.0. The summed E-state index contributed by atoms with van der Waals surface area (Å²) in [6.45, 7) is 6.03. The van der Waals surface area contributed by atoms with Gasteiger partial charge in [-0.15, -0.1) is 0 Å². The predicted molar refractivity (Wildman–Crippen MR) is 55.3 cm³/mol. The van der Waals surface area contributed by atoms with Crippen molar-refractivity contribution in [3.05, 3.63) is 24.0 Å². The van der Waals surface area contributed by atoms with E-state index in [1.54, 1.807) is 19.2 Å². The first-order chi connectivity index (χ1) is 6.50. The van der Waals surface area contributed by atoms with Crippen LogP contribution < -0.4 is 0 Å². The zero-order valence-corrected chi connectivity index (χ0v) is 8.90. The van der Waals surface area contributed by atoms with Crippen LogP contribution >= 0.6 is 0 Å². The van der Waals surface area contributed by atoms with Crippen molar-refractivity contribution in [1.29, 1.82) is 0 Å². The van der Waals surface area contributed by atoms with Crippen LogP contribution in [0.4, 0.5) is 0 Å². The largest absolute Gasteiger partial charge is 0.392 e. The predicted octanol–water partition coefficient (Wildman–Crippen LogP) is 1.71. The molecule has 0 fully saturated rings. The third kappa shape index (κ3) is 2.70. The monoisotopic (exact) mass is 195 g/mol. The highest BCUT2D eigenvalue weighted by Gasteiger charge is 2.11. The first-order valence-corrected chi connectivity index (χ1v) is 4.88. The molecule has 0 aliphatic carbocycles. The Labute approximate surface area is 84.4 Å². The lowest BCUT2D eigenvalue weighted by atomic mass is 10.0. The van der Waals surface area contributed by atoms with E-state index < -0.39 is 0 Å². The van der Waals surface area contributed by atoms with Gasteiger partial charge in [-0.05, 0) is 13.0 Å². The van der Waals surface area contributed by atoms with Crippen molar-refractivity contribution in [2.75, 3.05) is 0 Å². The number of Topliss-reactive ketones (excluding diaryl/α,β-unsaturated/α-hetero) is 1. The van der Waals surface area contributed by atoms with Crippen LogP contribution in [0.1, 0.15) is 31.1 Å². The molecule has 3 heteroatoms. The van der Waals surface area contributed by atoms with Crippen LogP contribution in [-0.4, -0.2) is 21.6 Å². The van der Waals surface area contributed by atoms with Crippen molar-refractivity contribution in [3.8, 4) is 0 Å². The molecule has 1 aromatic rings. The Bertz CT molecular complexity index is 313. The minimum Gasteiger partial charge on any atom is -0.392 e. The summed E-state index contributed by atoms with van der Waals surface area (Å²) in [6.07, 6.45) is 3.22. The normalized spacial score (nSPS) is 13.2. The van der Waals surface area contributed by atoms with Gasteiger partial charge in [-0.25, -0.2) is 0 Å². The lowest BCUT2D eigenvalue weighted by Gasteiger charge is -2.04. The molecule has 0 radical (unpaired) electrons. The molecule has 0 aromatic carbocycles. The van der Waals surface area contributed by atoms with Crippen LogP contribution in [0.3, 0.4) is 0 Å². The Balaban J connectivity index is 2.73. The van der Waals surface area contributed by atoms with E-state index in [2.05, 4.69) is 0 Å². The Morgan fingerprint density at radius 2 is 2.14 bits per heavy atom.